The van der Waals surface area contributed by atoms with E-state index >= 15 is 0 Å². The lowest BCUT2D eigenvalue weighted by Gasteiger charge is -2.12. The van der Waals surface area contributed by atoms with Crippen molar-refractivity contribution in [3.8, 4) is 0 Å². The summed E-state index contributed by atoms with van der Waals surface area (Å²) in [5.74, 6) is -0.0163. The Labute approximate surface area is 131 Å². The summed E-state index contributed by atoms with van der Waals surface area (Å²) < 4.78 is 2.00. The van der Waals surface area contributed by atoms with Gasteiger partial charge in [-0.15, -0.1) is 12.4 Å². The summed E-state index contributed by atoms with van der Waals surface area (Å²) in [6, 6.07) is 7.95. The van der Waals surface area contributed by atoms with Crippen LogP contribution in [-0.4, -0.2) is 21.5 Å². The highest BCUT2D eigenvalue weighted by molar-refractivity contribution is 5.85. The normalized spacial score (nSPS) is 11.5. The maximum absolute atomic E-state index is 11.6. The Bertz CT molecular complexity index is 555. The fraction of sp³-hybridized carbons (Fsp3) is 0.333. The molecule has 21 heavy (non-hydrogen) atoms. The molecule has 1 amide bonds. The van der Waals surface area contributed by atoms with E-state index in [0.29, 0.717) is 13.0 Å². The van der Waals surface area contributed by atoms with Crippen molar-refractivity contribution in [2.75, 3.05) is 0 Å². The van der Waals surface area contributed by atoms with Gasteiger partial charge in [0.1, 0.15) is 0 Å². The lowest BCUT2D eigenvalue weighted by Crippen LogP contribution is -2.29. The molecule has 1 heterocycles. The monoisotopic (exact) mass is 308 g/mol. The van der Waals surface area contributed by atoms with E-state index in [9.17, 15) is 4.79 Å². The van der Waals surface area contributed by atoms with Gasteiger partial charge in [0.2, 0.25) is 5.91 Å². The molecule has 1 aromatic heterocycles. The number of hydrogen-bond acceptors (Lipinski definition) is 3. The van der Waals surface area contributed by atoms with E-state index in [1.807, 2.05) is 35.9 Å². The van der Waals surface area contributed by atoms with Crippen molar-refractivity contribution in [3.05, 3.63) is 54.1 Å². The SMILES string of the molecule is CC(N)CC(=O)NCc1ccccc1Cn1ccnc1.Cl. The zero-order chi connectivity index (χ0) is 14.4. The molecule has 0 aliphatic carbocycles. The fourth-order valence-corrected chi connectivity index (χ4v) is 2.02. The number of imidazole rings is 1. The molecule has 0 bridgehead atoms. The summed E-state index contributed by atoms with van der Waals surface area (Å²) >= 11 is 0. The van der Waals surface area contributed by atoms with Crippen LogP contribution >= 0.6 is 12.4 Å². The number of nitrogens with one attached hydrogen (secondary N) is 1. The number of nitrogens with zero attached hydrogens (tertiary/aromatic N) is 2. The Kier molecular flexibility index (Phi) is 6.91. The van der Waals surface area contributed by atoms with E-state index in [1.54, 1.807) is 12.5 Å². The maximum Gasteiger partial charge on any atom is 0.221 e. The molecule has 0 fully saturated rings. The average Bonchev–Trinajstić information content (AvgIpc) is 2.90. The molecule has 114 valence electrons. The number of benzene rings is 1. The third-order valence-electron chi connectivity index (χ3n) is 3.01. The first-order valence-corrected chi connectivity index (χ1v) is 6.70. The Morgan fingerprint density at radius 2 is 2.10 bits per heavy atom. The zero-order valence-electron chi connectivity index (χ0n) is 12.0. The van der Waals surface area contributed by atoms with E-state index < -0.39 is 0 Å². The van der Waals surface area contributed by atoms with Gasteiger partial charge in [0, 0.05) is 37.9 Å². The van der Waals surface area contributed by atoms with Gasteiger partial charge >= 0.3 is 0 Å². The first kappa shape index (κ1) is 17.2. The lowest BCUT2D eigenvalue weighted by atomic mass is 10.1. The third kappa shape index (κ3) is 5.57. The quantitative estimate of drug-likeness (QED) is 0.853. The molecule has 0 saturated heterocycles. The molecule has 0 spiro atoms. The molecule has 3 N–H and O–H groups in total. The summed E-state index contributed by atoms with van der Waals surface area (Å²) in [4.78, 5) is 15.7. The van der Waals surface area contributed by atoms with Crippen LogP contribution in [-0.2, 0) is 17.9 Å². The molecule has 5 nitrogen and oxygen atoms in total. The Morgan fingerprint density at radius 1 is 1.38 bits per heavy atom. The number of carbonyl (C=O) groups is 1. The second kappa shape index (κ2) is 8.44. The third-order valence-corrected chi connectivity index (χ3v) is 3.01. The molecule has 0 radical (unpaired) electrons. The molecule has 0 saturated carbocycles. The summed E-state index contributed by atoms with van der Waals surface area (Å²) in [6.45, 7) is 3.10. The predicted molar refractivity (Wildman–Crippen MR) is 85.1 cm³/mol. The molecule has 2 rings (SSSR count). The van der Waals surface area contributed by atoms with Gasteiger partial charge in [-0.25, -0.2) is 4.98 Å². The van der Waals surface area contributed by atoms with Crippen LogP contribution < -0.4 is 11.1 Å². The highest BCUT2D eigenvalue weighted by Crippen LogP contribution is 2.10. The van der Waals surface area contributed by atoms with Gasteiger partial charge in [-0.2, -0.15) is 0 Å². The Morgan fingerprint density at radius 3 is 2.71 bits per heavy atom. The summed E-state index contributed by atoms with van der Waals surface area (Å²) in [5.41, 5.74) is 7.89. The van der Waals surface area contributed by atoms with Crippen molar-refractivity contribution in [2.24, 2.45) is 5.73 Å². The number of halogens is 1. The maximum atomic E-state index is 11.6. The van der Waals surface area contributed by atoms with Crippen molar-refractivity contribution in [2.45, 2.75) is 32.5 Å². The topological polar surface area (TPSA) is 72.9 Å². The van der Waals surface area contributed by atoms with Gasteiger partial charge in [0.25, 0.3) is 0 Å². The number of aromatic nitrogens is 2. The molecule has 0 aliphatic heterocycles. The first-order chi connectivity index (χ1) is 9.65. The van der Waals surface area contributed by atoms with Crippen molar-refractivity contribution < 1.29 is 4.79 Å². The molecular formula is C15H21ClN4O. The van der Waals surface area contributed by atoms with Crippen LogP contribution in [0, 0.1) is 0 Å². The number of amides is 1. The minimum Gasteiger partial charge on any atom is -0.352 e. The van der Waals surface area contributed by atoms with Crippen LogP contribution in [0.4, 0.5) is 0 Å². The van der Waals surface area contributed by atoms with Crippen molar-refractivity contribution >= 4 is 18.3 Å². The molecule has 6 heteroatoms. The summed E-state index contributed by atoms with van der Waals surface area (Å²) in [6.07, 6.45) is 5.81. The smallest absolute Gasteiger partial charge is 0.221 e. The fourth-order valence-electron chi connectivity index (χ4n) is 2.02. The Balaban J connectivity index is 0.00000220. The number of hydrogen-bond donors (Lipinski definition) is 2. The molecule has 1 atom stereocenters. The van der Waals surface area contributed by atoms with E-state index in [1.165, 1.54) is 5.56 Å². The minimum atomic E-state index is -0.115. The standard InChI is InChI=1S/C15H20N4O.ClH/c1-12(16)8-15(20)18-9-13-4-2-3-5-14(13)10-19-7-6-17-11-19;/h2-7,11-12H,8-10,16H2,1H3,(H,18,20);1H. The van der Waals surface area contributed by atoms with Gasteiger partial charge in [0.15, 0.2) is 0 Å². The van der Waals surface area contributed by atoms with E-state index in [4.69, 9.17) is 5.73 Å². The van der Waals surface area contributed by atoms with Crippen molar-refractivity contribution in [3.63, 3.8) is 0 Å². The molecule has 1 unspecified atom stereocenters. The van der Waals surface area contributed by atoms with Gasteiger partial charge in [-0.1, -0.05) is 24.3 Å². The lowest BCUT2D eigenvalue weighted by molar-refractivity contribution is -0.121. The van der Waals surface area contributed by atoms with Gasteiger partial charge in [-0.3, -0.25) is 4.79 Å². The number of rotatable bonds is 6. The number of nitrogens with two attached hydrogens (primary N) is 1. The summed E-state index contributed by atoms with van der Waals surface area (Å²) in [7, 11) is 0. The molecule has 1 aromatic carbocycles. The zero-order valence-corrected chi connectivity index (χ0v) is 12.8. The second-order valence-electron chi connectivity index (χ2n) is 4.96. The van der Waals surface area contributed by atoms with Crippen LogP contribution in [0.3, 0.4) is 0 Å². The second-order valence-corrected chi connectivity index (χ2v) is 4.96. The molecular weight excluding hydrogens is 288 g/mol. The minimum absolute atomic E-state index is 0. The van der Waals surface area contributed by atoms with Crippen molar-refractivity contribution in [1.82, 2.24) is 14.9 Å². The van der Waals surface area contributed by atoms with Gasteiger partial charge in [0.05, 0.1) is 6.33 Å². The number of carbonyl (C=O) groups excluding carboxylic acids is 1. The molecule has 2 aromatic rings. The highest BCUT2D eigenvalue weighted by atomic mass is 35.5. The largest absolute Gasteiger partial charge is 0.352 e. The highest BCUT2D eigenvalue weighted by Gasteiger charge is 2.07. The van der Waals surface area contributed by atoms with Crippen molar-refractivity contribution in [1.29, 1.82) is 0 Å². The van der Waals surface area contributed by atoms with Gasteiger partial charge in [-0.05, 0) is 18.1 Å². The average molecular weight is 309 g/mol. The van der Waals surface area contributed by atoms with Crippen LogP contribution in [0.2, 0.25) is 0 Å². The van der Waals surface area contributed by atoms with Gasteiger partial charge < -0.3 is 15.6 Å². The van der Waals surface area contributed by atoms with Crippen LogP contribution in [0.1, 0.15) is 24.5 Å². The van der Waals surface area contributed by atoms with Crippen LogP contribution in [0.25, 0.3) is 0 Å². The van der Waals surface area contributed by atoms with E-state index in [0.717, 1.165) is 12.1 Å². The van der Waals surface area contributed by atoms with Crippen LogP contribution in [0.5, 0.6) is 0 Å². The van der Waals surface area contributed by atoms with E-state index in [2.05, 4.69) is 16.4 Å². The first-order valence-electron chi connectivity index (χ1n) is 6.70. The van der Waals surface area contributed by atoms with E-state index in [-0.39, 0.29) is 24.4 Å². The summed E-state index contributed by atoms with van der Waals surface area (Å²) in [5, 5.41) is 2.91. The Hall–Kier alpha value is -1.85. The molecule has 0 aliphatic rings. The predicted octanol–water partition coefficient (Wildman–Crippen LogP) is 1.71. The van der Waals surface area contributed by atoms with Crippen LogP contribution in [0.15, 0.2) is 43.0 Å².